The second kappa shape index (κ2) is 10.6. The minimum atomic E-state index is -1.33. The molecule has 1 rings (SSSR count). The molecule has 1 aliphatic heterocycles. The Hall–Kier alpha value is -1.26. The minimum Gasteiger partial charge on any atom is -0.469 e. The number of esters is 1. The molecule has 1 aliphatic rings. The van der Waals surface area contributed by atoms with Crippen LogP contribution in [0.5, 0.6) is 0 Å². The Morgan fingerprint density at radius 1 is 1.17 bits per heavy atom. The molecule has 1 amide bonds. The first-order chi connectivity index (χ1) is 11.4. The number of amides is 1. The maximum atomic E-state index is 11.3. The molecule has 0 radical (unpaired) electrons. The van der Waals surface area contributed by atoms with Crippen molar-refractivity contribution in [1.82, 2.24) is 5.32 Å². The molecule has 1 fully saturated rings. The van der Waals surface area contributed by atoms with Crippen LogP contribution < -0.4 is 5.32 Å². The second-order valence-corrected chi connectivity index (χ2v) is 5.69. The Morgan fingerprint density at radius 2 is 1.88 bits per heavy atom. The molecule has 9 heteroatoms. The van der Waals surface area contributed by atoms with Crippen molar-refractivity contribution < 1.29 is 39.1 Å². The first kappa shape index (κ1) is 20.8. The summed E-state index contributed by atoms with van der Waals surface area (Å²) in [4.78, 5) is 22.2. The number of ether oxygens (including phenoxy) is 3. The van der Waals surface area contributed by atoms with Crippen LogP contribution in [0.25, 0.3) is 0 Å². The maximum Gasteiger partial charge on any atom is 0.305 e. The van der Waals surface area contributed by atoms with E-state index in [1.54, 1.807) is 0 Å². The normalized spacial score (nSPS) is 30.0. The molecule has 0 bridgehead atoms. The lowest BCUT2D eigenvalue weighted by atomic mass is 9.97. The molecule has 0 aromatic rings. The van der Waals surface area contributed by atoms with Gasteiger partial charge in [-0.3, -0.25) is 9.59 Å². The maximum absolute atomic E-state index is 11.3. The van der Waals surface area contributed by atoms with Crippen LogP contribution in [0.2, 0.25) is 0 Å². The third-order valence-corrected chi connectivity index (χ3v) is 3.79. The molecule has 0 aliphatic carbocycles. The van der Waals surface area contributed by atoms with Crippen molar-refractivity contribution in [2.75, 3.05) is 20.3 Å². The van der Waals surface area contributed by atoms with Gasteiger partial charge in [-0.1, -0.05) is 6.42 Å². The molecule has 5 atom stereocenters. The van der Waals surface area contributed by atoms with Crippen LogP contribution in [0.1, 0.15) is 32.6 Å². The molecular formula is C15H27NO8. The number of aliphatic hydroxyl groups excluding tert-OH is 3. The van der Waals surface area contributed by atoms with Crippen LogP contribution in [0, 0.1) is 0 Å². The zero-order chi connectivity index (χ0) is 18.1. The molecule has 4 N–H and O–H groups in total. The van der Waals surface area contributed by atoms with Gasteiger partial charge in [0.1, 0.15) is 24.4 Å². The number of hydrogen-bond donors (Lipinski definition) is 4. The lowest BCUT2D eigenvalue weighted by Crippen LogP contribution is -2.64. The average Bonchev–Trinajstić information content (AvgIpc) is 2.56. The summed E-state index contributed by atoms with van der Waals surface area (Å²) in [6.45, 7) is 1.08. The predicted octanol–water partition coefficient (Wildman–Crippen LogP) is -1.32. The van der Waals surface area contributed by atoms with Crippen molar-refractivity contribution in [2.45, 2.75) is 63.3 Å². The number of carbonyl (C=O) groups excluding carboxylic acids is 2. The minimum absolute atomic E-state index is 0.264. The van der Waals surface area contributed by atoms with E-state index >= 15 is 0 Å². The van der Waals surface area contributed by atoms with Gasteiger partial charge in [0.25, 0.3) is 0 Å². The number of rotatable bonds is 9. The largest absolute Gasteiger partial charge is 0.469 e. The lowest BCUT2D eigenvalue weighted by Gasteiger charge is -2.42. The standard InChI is InChI=1S/C15H27NO8/c1-9(18)16-12-14(21)13(20)10(8-17)24-15(12)23-7-5-3-4-6-11(19)22-2/h10,12-15,17,20-21H,3-8H2,1-2H3,(H,16,18)/t10-,12-,13-,14-,15-/m1/s1. The van der Waals surface area contributed by atoms with Gasteiger partial charge in [-0.15, -0.1) is 0 Å². The van der Waals surface area contributed by atoms with Crippen LogP contribution in [0.3, 0.4) is 0 Å². The Labute approximate surface area is 140 Å². The topological polar surface area (TPSA) is 135 Å². The van der Waals surface area contributed by atoms with Crippen LogP contribution >= 0.6 is 0 Å². The number of aliphatic hydroxyl groups is 3. The van der Waals surface area contributed by atoms with Gasteiger partial charge in [-0.05, 0) is 12.8 Å². The van der Waals surface area contributed by atoms with Gasteiger partial charge in [-0.2, -0.15) is 0 Å². The van der Waals surface area contributed by atoms with E-state index in [2.05, 4.69) is 10.1 Å². The first-order valence-corrected chi connectivity index (χ1v) is 7.98. The third-order valence-electron chi connectivity index (χ3n) is 3.79. The Balaban J connectivity index is 2.45. The molecule has 0 spiro atoms. The van der Waals surface area contributed by atoms with Crippen molar-refractivity contribution >= 4 is 11.9 Å². The second-order valence-electron chi connectivity index (χ2n) is 5.69. The average molecular weight is 349 g/mol. The fourth-order valence-corrected chi connectivity index (χ4v) is 2.46. The van der Waals surface area contributed by atoms with E-state index in [1.165, 1.54) is 14.0 Å². The highest BCUT2D eigenvalue weighted by atomic mass is 16.7. The predicted molar refractivity (Wildman–Crippen MR) is 81.8 cm³/mol. The summed E-state index contributed by atoms with van der Waals surface area (Å²) in [5.74, 6) is -0.663. The third kappa shape index (κ3) is 6.33. The summed E-state index contributed by atoms with van der Waals surface area (Å²) in [5.41, 5.74) is 0. The zero-order valence-electron chi connectivity index (χ0n) is 14.0. The van der Waals surface area contributed by atoms with E-state index in [9.17, 15) is 24.9 Å². The molecule has 1 heterocycles. The summed E-state index contributed by atoms with van der Waals surface area (Å²) in [6, 6.07) is -0.935. The summed E-state index contributed by atoms with van der Waals surface area (Å²) in [5, 5.41) is 31.7. The monoisotopic (exact) mass is 349 g/mol. The SMILES string of the molecule is COC(=O)CCCCCO[C@@H]1O[C@H](CO)[C@@H](O)[C@H](O)[C@H]1NC(C)=O. The Bertz CT molecular complexity index is 405. The number of carbonyl (C=O) groups is 2. The quantitative estimate of drug-likeness (QED) is 0.297. The van der Waals surface area contributed by atoms with E-state index < -0.39 is 43.2 Å². The van der Waals surface area contributed by atoms with Crippen molar-refractivity contribution in [1.29, 1.82) is 0 Å². The highest BCUT2D eigenvalue weighted by Gasteiger charge is 2.45. The molecular weight excluding hydrogens is 322 g/mol. The van der Waals surface area contributed by atoms with Gasteiger partial charge in [-0.25, -0.2) is 0 Å². The van der Waals surface area contributed by atoms with E-state index in [-0.39, 0.29) is 12.6 Å². The van der Waals surface area contributed by atoms with Gasteiger partial charge in [0.2, 0.25) is 5.91 Å². The molecule has 24 heavy (non-hydrogen) atoms. The number of hydrogen-bond acceptors (Lipinski definition) is 8. The lowest BCUT2D eigenvalue weighted by molar-refractivity contribution is -0.270. The Kier molecular flexibility index (Phi) is 9.16. The zero-order valence-corrected chi connectivity index (χ0v) is 14.0. The van der Waals surface area contributed by atoms with Crippen molar-refractivity contribution in [3.8, 4) is 0 Å². The van der Waals surface area contributed by atoms with Gasteiger partial charge in [0, 0.05) is 20.0 Å². The number of unbranched alkanes of at least 4 members (excludes halogenated alkanes) is 2. The highest BCUT2D eigenvalue weighted by molar-refractivity contribution is 5.73. The van der Waals surface area contributed by atoms with E-state index in [4.69, 9.17) is 9.47 Å². The van der Waals surface area contributed by atoms with Crippen molar-refractivity contribution in [3.05, 3.63) is 0 Å². The van der Waals surface area contributed by atoms with Gasteiger partial charge >= 0.3 is 5.97 Å². The van der Waals surface area contributed by atoms with Gasteiger partial charge < -0.3 is 34.8 Å². The summed E-state index contributed by atoms with van der Waals surface area (Å²) < 4.78 is 15.5. The van der Waals surface area contributed by atoms with Crippen LogP contribution in [0.15, 0.2) is 0 Å². The summed E-state index contributed by atoms with van der Waals surface area (Å²) >= 11 is 0. The van der Waals surface area contributed by atoms with E-state index in [1.807, 2.05) is 0 Å². The molecule has 0 unspecified atom stereocenters. The summed E-state index contributed by atoms with van der Waals surface area (Å²) in [6.07, 6.45) is -2.23. The first-order valence-electron chi connectivity index (χ1n) is 7.98. The van der Waals surface area contributed by atoms with E-state index in [0.29, 0.717) is 19.3 Å². The fraction of sp³-hybridized carbons (Fsp3) is 0.867. The Morgan fingerprint density at radius 3 is 2.46 bits per heavy atom. The molecule has 9 nitrogen and oxygen atoms in total. The smallest absolute Gasteiger partial charge is 0.305 e. The van der Waals surface area contributed by atoms with Crippen molar-refractivity contribution in [3.63, 3.8) is 0 Å². The van der Waals surface area contributed by atoms with E-state index in [0.717, 1.165) is 6.42 Å². The van der Waals surface area contributed by atoms with Gasteiger partial charge in [0.15, 0.2) is 6.29 Å². The van der Waals surface area contributed by atoms with Gasteiger partial charge in [0.05, 0.1) is 13.7 Å². The summed E-state index contributed by atoms with van der Waals surface area (Å²) in [7, 11) is 1.34. The highest BCUT2D eigenvalue weighted by Crippen LogP contribution is 2.22. The fourth-order valence-electron chi connectivity index (χ4n) is 2.46. The van der Waals surface area contributed by atoms with Crippen LogP contribution in [-0.4, -0.2) is 78.2 Å². The van der Waals surface area contributed by atoms with Crippen LogP contribution in [0.4, 0.5) is 0 Å². The van der Waals surface area contributed by atoms with Crippen molar-refractivity contribution in [2.24, 2.45) is 0 Å². The number of nitrogens with one attached hydrogen (secondary N) is 1. The molecule has 0 aromatic carbocycles. The molecule has 0 saturated carbocycles. The molecule has 140 valence electrons. The molecule has 0 aromatic heterocycles. The number of methoxy groups -OCH3 is 1. The molecule has 1 saturated heterocycles. The van der Waals surface area contributed by atoms with Crippen LogP contribution in [-0.2, 0) is 23.8 Å².